The summed E-state index contributed by atoms with van der Waals surface area (Å²) in [4.78, 5) is 12.2. The number of hydrogen-bond acceptors (Lipinski definition) is 4. The predicted molar refractivity (Wildman–Crippen MR) is 120 cm³/mol. The van der Waals surface area contributed by atoms with Crippen LogP contribution in [-0.2, 0) is 28.0 Å². The molecule has 1 amide bonds. The Morgan fingerprint density at radius 2 is 1.94 bits per heavy atom. The lowest BCUT2D eigenvalue weighted by Gasteiger charge is -2.10. The van der Waals surface area contributed by atoms with E-state index in [1.54, 1.807) is 30.8 Å². The molecule has 3 aromatic rings. The molecule has 1 N–H and O–H groups in total. The molecule has 178 valence electrons. The van der Waals surface area contributed by atoms with Gasteiger partial charge in [0.1, 0.15) is 5.82 Å². The van der Waals surface area contributed by atoms with Gasteiger partial charge in [-0.15, -0.1) is 0 Å². The van der Waals surface area contributed by atoms with Gasteiger partial charge in [-0.05, 0) is 37.6 Å². The molecule has 1 aromatic carbocycles. The number of rotatable bonds is 8. The van der Waals surface area contributed by atoms with Gasteiger partial charge in [0.25, 0.3) is 5.91 Å². The molecule has 0 atom stereocenters. The van der Waals surface area contributed by atoms with E-state index in [2.05, 4.69) is 5.10 Å². The number of aryl methyl sites for hydroxylation is 2. The maximum Gasteiger partial charge on any atom is 0.416 e. The Hall–Kier alpha value is -3.08. The normalized spacial score (nSPS) is 12.7. The summed E-state index contributed by atoms with van der Waals surface area (Å²) in [5, 5.41) is 4.92. The number of aromatic nitrogens is 3. The smallest absolute Gasteiger partial charge is 0.301 e. The minimum Gasteiger partial charge on any atom is -0.301 e. The van der Waals surface area contributed by atoms with Crippen LogP contribution in [0.4, 0.5) is 13.2 Å². The molecule has 0 bridgehead atoms. The van der Waals surface area contributed by atoms with Crippen LogP contribution in [0.25, 0.3) is 22.8 Å². The van der Waals surface area contributed by atoms with Gasteiger partial charge in [0.2, 0.25) is 10.0 Å². The van der Waals surface area contributed by atoms with Crippen molar-refractivity contribution in [1.82, 2.24) is 19.1 Å². The maximum atomic E-state index is 13.2. The van der Waals surface area contributed by atoms with Gasteiger partial charge in [-0.1, -0.05) is 25.8 Å². The molecule has 0 aliphatic heterocycles. The average molecular weight is 483 g/mol. The highest BCUT2D eigenvalue weighted by Crippen LogP contribution is 2.33. The molecule has 11 heteroatoms. The molecular weight excluding hydrogens is 457 g/mol. The van der Waals surface area contributed by atoms with Crippen molar-refractivity contribution in [3.8, 4) is 5.82 Å². The third-order valence-electron chi connectivity index (χ3n) is 5.16. The first-order valence-electron chi connectivity index (χ1n) is 10.4. The van der Waals surface area contributed by atoms with E-state index in [0.29, 0.717) is 34.4 Å². The number of hydrogen-bond donors (Lipinski definition) is 1. The number of amides is 1. The standard InChI is InChI=1S/C22H25F3N4O3S/c1-4-5-6-13-33(31,32)27-20(30)10-9-18-15(2)26-28(3)21(18)29-12-11-16-7-8-17(14-19(16)29)22(23,24)25/h7-12,14H,4-6,13H2,1-3H3,(H,27,30)/b10-9+. The third kappa shape index (κ3) is 5.65. The number of unbranched alkanes of at least 4 members (excludes halogenated alkanes) is 2. The lowest BCUT2D eigenvalue weighted by atomic mass is 10.1. The number of carbonyl (C=O) groups excluding carboxylic acids is 1. The fourth-order valence-electron chi connectivity index (χ4n) is 3.57. The average Bonchev–Trinajstić information content (AvgIpc) is 3.24. The maximum absolute atomic E-state index is 13.2. The molecule has 0 saturated carbocycles. The van der Waals surface area contributed by atoms with Gasteiger partial charge < -0.3 is 4.57 Å². The fourth-order valence-corrected chi connectivity index (χ4v) is 4.63. The second-order valence-electron chi connectivity index (χ2n) is 7.73. The van der Waals surface area contributed by atoms with Crippen LogP contribution in [0.1, 0.15) is 43.0 Å². The molecule has 3 rings (SSSR count). The van der Waals surface area contributed by atoms with Crippen LogP contribution in [0.5, 0.6) is 0 Å². The van der Waals surface area contributed by atoms with E-state index >= 15 is 0 Å². The summed E-state index contributed by atoms with van der Waals surface area (Å²) in [5.41, 5.74) is 0.547. The first-order valence-corrected chi connectivity index (χ1v) is 12.0. The zero-order valence-corrected chi connectivity index (χ0v) is 19.3. The number of halogens is 3. The van der Waals surface area contributed by atoms with Crippen LogP contribution in [0, 0.1) is 6.92 Å². The number of nitrogens with one attached hydrogen (secondary N) is 1. The molecule has 2 heterocycles. The van der Waals surface area contributed by atoms with Gasteiger partial charge >= 0.3 is 6.18 Å². The van der Waals surface area contributed by atoms with E-state index in [-0.39, 0.29) is 5.75 Å². The SMILES string of the molecule is CCCCCS(=O)(=O)NC(=O)/C=C/c1c(C)nn(C)c1-n1ccc2ccc(C(F)(F)F)cc21. The molecule has 33 heavy (non-hydrogen) atoms. The Morgan fingerprint density at radius 3 is 2.61 bits per heavy atom. The topological polar surface area (TPSA) is 86.0 Å². The molecule has 0 aliphatic rings. The van der Waals surface area contributed by atoms with E-state index in [4.69, 9.17) is 0 Å². The Bertz CT molecular complexity index is 1300. The molecular formula is C22H25F3N4O3S. The van der Waals surface area contributed by atoms with Crippen molar-refractivity contribution >= 4 is 32.9 Å². The highest BCUT2D eigenvalue weighted by Gasteiger charge is 2.31. The largest absolute Gasteiger partial charge is 0.416 e. The van der Waals surface area contributed by atoms with Crippen molar-refractivity contribution in [2.45, 2.75) is 39.3 Å². The Morgan fingerprint density at radius 1 is 1.21 bits per heavy atom. The number of alkyl halides is 3. The lowest BCUT2D eigenvalue weighted by molar-refractivity contribution is -0.137. The lowest BCUT2D eigenvalue weighted by Crippen LogP contribution is -2.31. The van der Waals surface area contributed by atoms with Crippen molar-refractivity contribution < 1.29 is 26.4 Å². The monoisotopic (exact) mass is 482 g/mol. The van der Waals surface area contributed by atoms with Crippen molar-refractivity contribution in [3.05, 3.63) is 53.4 Å². The molecule has 7 nitrogen and oxygen atoms in total. The van der Waals surface area contributed by atoms with Crippen LogP contribution in [0.15, 0.2) is 36.5 Å². The van der Waals surface area contributed by atoms with E-state index in [0.717, 1.165) is 31.1 Å². The van der Waals surface area contributed by atoms with Crippen LogP contribution in [0.2, 0.25) is 0 Å². The highest BCUT2D eigenvalue weighted by atomic mass is 32.2. The Balaban J connectivity index is 1.94. The molecule has 0 fully saturated rings. The first kappa shape index (κ1) is 24.6. The Labute approximate surface area is 189 Å². The van der Waals surface area contributed by atoms with Crippen LogP contribution < -0.4 is 4.72 Å². The summed E-state index contributed by atoms with van der Waals surface area (Å²) in [6.07, 6.45) is 1.67. The summed E-state index contributed by atoms with van der Waals surface area (Å²) < 4.78 is 68.8. The van der Waals surface area contributed by atoms with E-state index in [1.165, 1.54) is 16.8 Å². The quantitative estimate of drug-likeness (QED) is 0.382. The molecule has 0 spiro atoms. The van der Waals surface area contributed by atoms with Crippen molar-refractivity contribution in [3.63, 3.8) is 0 Å². The van der Waals surface area contributed by atoms with Gasteiger partial charge in [-0.25, -0.2) is 13.1 Å². The minimum atomic E-state index is -4.49. The third-order valence-corrected chi connectivity index (χ3v) is 6.50. The number of carbonyl (C=O) groups is 1. The summed E-state index contributed by atoms with van der Waals surface area (Å²) >= 11 is 0. The van der Waals surface area contributed by atoms with Gasteiger partial charge in [0.15, 0.2) is 0 Å². The van der Waals surface area contributed by atoms with Crippen molar-refractivity contribution in [2.24, 2.45) is 7.05 Å². The second-order valence-corrected chi connectivity index (χ2v) is 9.57. The first-order chi connectivity index (χ1) is 15.4. The predicted octanol–water partition coefficient (Wildman–Crippen LogP) is 4.34. The number of benzene rings is 1. The molecule has 0 aliphatic carbocycles. The van der Waals surface area contributed by atoms with Crippen molar-refractivity contribution in [2.75, 3.05) is 5.75 Å². The summed E-state index contributed by atoms with van der Waals surface area (Å²) in [6.45, 7) is 3.63. The molecule has 0 unspecified atom stereocenters. The zero-order chi connectivity index (χ0) is 24.4. The number of fused-ring (bicyclic) bond motifs is 1. The van der Waals surface area contributed by atoms with Crippen LogP contribution in [0.3, 0.4) is 0 Å². The van der Waals surface area contributed by atoms with E-state index < -0.39 is 27.7 Å². The van der Waals surface area contributed by atoms with Gasteiger partial charge in [0.05, 0.1) is 22.5 Å². The highest BCUT2D eigenvalue weighted by molar-refractivity contribution is 7.90. The zero-order valence-electron chi connectivity index (χ0n) is 18.5. The minimum absolute atomic E-state index is 0.144. The fraction of sp³-hybridized carbons (Fsp3) is 0.364. The van der Waals surface area contributed by atoms with E-state index in [1.807, 2.05) is 11.6 Å². The molecule has 0 radical (unpaired) electrons. The van der Waals surface area contributed by atoms with Gasteiger partial charge in [-0.3, -0.25) is 9.48 Å². The van der Waals surface area contributed by atoms with Crippen molar-refractivity contribution in [1.29, 1.82) is 0 Å². The van der Waals surface area contributed by atoms with Gasteiger partial charge in [-0.2, -0.15) is 18.3 Å². The number of sulfonamides is 1. The molecule has 2 aromatic heterocycles. The van der Waals surface area contributed by atoms with Crippen LogP contribution in [-0.4, -0.2) is 34.4 Å². The van der Waals surface area contributed by atoms with Crippen LogP contribution >= 0.6 is 0 Å². The number of nitrogens with zero attached hydrogens (tertiary/aromatic N) is 3. The summed E-state index contributed by atoms with van der Waals surface area (Å²) in [7, 11) is -2.11. The second kappa shape index (κ2) is 9.42. The Kier molecular flexibility index (Phi) is 7.01. The summed E-state index contributed by atoms with van der Waals surface area (Å²) in [5.74, 6) is -0.511. The van der Waals surface area contributed by atoms with E-state index in [9.17, 15) is 26.4 Å². The van der Waals surface area contributed by atoms with Gasteiger partial charge in [0, 0.05) is 30.3 Å². The summed E-state index contributed by atoms with van der Waals surface area (Å²) in [6, 6.07) is 5.15. The molecule has 0 saturated heterocycles.